The summed E-state index contributed by atoms with van der Waals surface area (Å²) in [5.41, 5.74) is 3.36. The van der Waals surface area contributed by atoms with Gasteiger partial charge >= 0.3 is 0 Å². The van der Waals surface area contributed by atoms with Gasteiger partial charge in [0.1, 0.15) is 11.6 Å². The number of ether oxygens (including phenoxy) is 1. The van der Waals surface area contributed by atoms with Crippen molar-refractivity contribution in [3.8, 4) is 5.75 Å². The van der Waals surface area contributed by atoms with Crippen LogP contribution in [0.2, 0.25) is 0 Å². The molecule has 0 radical (unpaired) electrons. The molecule has 0 bridgehead atoms. The molecule has 0 aliphatic heterocycles. The molecule has 0 spiro atoms. The molecule has 1 amide bonds. The van der Waals surface area contributed by atoms with Gasteiger partial charge in [-0.1, -0.05) is 25.1 Å². The van der Waals surface area contributed by atoms with Crippen LogP contribution in [0, 0.1) is 0 Å². The quantitative estimate of drug-likeness (QED) is 0.619. The molecule has 5 nitrogen and oxygen atoms in total. The summed E-state index contributed by atoms with van der Waals surface area (Å²) < 4.78 is 5.44. The number of aryl methyl sites for hydroxylation is 1. The number of aromatic nitrogens is 1. The van der Waals surface area contributed by atoms with Crippen LogP contribution in [-0.4, -0.2) is 17.5 Å². The lowest BCUT2D eigenvalue weighted by Crippen LogP contribution is -2.13. The van der Waals surface area contributed by atoms with Crippen LogP contribution in [-0.2, 0) is 6.42 Å². The van der Waals surface area contributed by atoms with Gasteiger partial charge < -0.3 is 15.4 Å². The normalized spacial score (nSPS) is 10.3. The van der Waals surface area contributed by atoms with Crippen molar-refractivity contribution in [3.05, 3.63) is 78.0 Å². The number of carbonyl (C=O) groups excluding carboxylic acids is 1. The van der Waals surface area contributed by atoms with E-state index in [-0.39, 0.29) is 5.91 Å². The first-order valence-corrected chi connectivity index (χ1v) is 9.04. The van der Waals surface area contributed by atoms with E-state index in [9.17, 15) is 4.79 Å². The first-order chi connectivity index (χ1) is 13.2. The number of nitrogens with one attached hydrogen (secondary N) is 2. The predicted molar refractivity (Wildman–Crippen MR) is 109 cm³/mol. The lowest BCUT2D eigenvalue weighted by Gasteiger charge is -2.11. The number of amides is 1. The molecular weight excluding hydrogens is 338 g/mol. The Morgan fingerprint density at radius 2 is 1.81 bits per heavy atom. The van der Waals surface area contributed by atoms with E-state index in [1.807, 2.05) is 55.5 Å². The number of hydrogen-bond acceptors (Lipinski definition) is 4. The van der Waals surface area contributed by atoms with Gasteiger partial charge in [0, 0.05) is 23.1 Å². The molecule has 1 heterocycles. The molecule has 138 valence electrons. The smallest absolute Gasteiger partial charge is 0.255 e. The number of rotatable bonds is 7. The Balaban J connectivity index is 1.72. The summed E-state index contributed by atoms with van der Waals surface area (Å²) in [6.07, 6.45) is 2.48. The van der Waals surface area contributed by atoms with Crippen LogP contribution < -0.4 is 15.4 Å². The molecule has 0 saturated heterocycles. The van der Waals surface area contributed by atoms with E-state index >= 15 is 0 Å². The minimum Gasteiger partial charge on any atom is -0.494 e. The fraction of sp³-hybridized carbons (Fsp3) is 0.182. The molecule has 2 N–H and O–H groups in total. The van der Waals surface area contributed by atoms with E-state index in [0.717, 1.165) is 29.1 Å². The number of benzene rings is 2. The van der Waals surface area contributed by atoms with Crippen molar-refractivity contribution in [3.63, 3.8) is 0 Å². The van der Waals surface area contributed by atoms with E-state index < -0.39 is 0 Å². The molecule has 0 unspecified atom stereocenters. The van der Waals surface area contributed by atoms with Crippen molar-refractivity contribution in [2.75, 3.05) is 17.2 Å². The second kappa shape index (κ2) is 8.85. The first kappa shape index (κ1) is 18.5. The zero-order valence-electron chi connectivity index (χ0n) is 15.5. The van der Waals surface area contributed by atoms with Gasteiger partial charge in [-0.05, 0) is 61.4 Å². The van der Waals surface area contributed by atoms with Crippen molar-refractivity contribution >= 4 is 23.1 Å². The fourth-order valence-corrected chi connectivity index (χ4v) is 2.73. The number of nitrogens with zero attached hydrogens (tertiary/aromatic N) is 1. The molecule has 27 heavy (non-hydrogen) atoms. The van der Waals surface area contributed by atoms with Gasteiger partial charge in [-0.15, -0.1) is 0 Å². The van der Waals surface area contributed by atoms with E-state index in [2.05, 4.69) is 22.5 Å². The van der Waals surface area contributed by atoms with Crippen molar-refractivity contribution in [1.82, 2.24) is 4.98 Å². The molecular formula is C22H23N3O2. The van der Waals surface area contributed by atoms with E-state index in [1.54, 1.807) is 18.3 Å². The van der Waals surface area contributed by atoms with Crippen LogP contribution in [0.1, 0.15) is 29.8 Å². The molecule has 0 saturated carbocycles. The number of pyridine rings is 1. The van der Waals surface area contributed by atoms with Crippen molar-refractivity contribution in [2.45, 2.75) is 20.3 Å². The number of anilines is 3. The van der Waals surface area contributed by atoms with Gasteiger partial charge in [0.05, 0.1) is 6.61 Å². The van der Waals surface area contributed by atoms with Gasteiger partial charge in [0.25, 0.3) is 5.91 Å². The highest BCUT2D eigenvalue weighted by molar-refractivity contribution is 6.05. The Morgan fingerprint density at radius 1 is 1.04 bits per heavy atom. The summed E-state index contributed by atoms with van der Waals surface area (Å²) in [6, 6.07) is 18.9. The standard InChI is InChI=1S/C22H23N3O2/c1-3-16-7-5-6-8-20(16)25-22(26)17-13-14-23-21(15-17)24-18-9-11-19(12-10-18)27-4-2/h5-15H,3-4H2,1-2H3,(H,23,24)(H,25,26). The molecule has 0 aliphatic carbocycles. The Bertz CT molecular complexity index is 907. The van der Waals surface area contributed by atoms with Crippen molar-refractivity contribution in [1.29, 1.82) is 0 Å². The highest BCUT2D eigenvalue weighted by Gasteiger charge is 2.09. The molecule has 3 aromatic rings. The first-order valence-electron chi connectivity index (χ1n) is 9.04. The predicted octanol–water partition coefficient (Wildman–Crippen LogP) is 5.04. The van der Waals surface area contributed by atoms with Crippen molar-refractivity contribution in [2.24, 2.45) is 0 Å². The van der Waals surface area contributed by atoms with Crippen LogP contribution in [0.25, 0.3) is 0 Å². The third-order valence-electron chi connectivity index (χ3n) is 4.11. The summed E-state index contributed by atoms with van der Waals surface area (Å²) >= 11 is 0. The SMILES string of the molecule is CCOc1ccc(Nc2cc(C(=O)Nc3ccccc3CC)ccn2)cc1. The van der Waals surface area contributed by atoms with Gasteiger partial charge in [-0.2, -0.15) is 0 Å². The number of para-hydroxylation sites is 1. The molecule has 0 atom stereocenters. The van der Waals surface area contributed by atoms with Crippen LogP contribution in [0.15, 0.2) is 66.9 Å². The molecule has 2 aromatic carbocycles. The van der Waals surface area contributed by atoms with Crippen molar-refractivity contribution < 1.29 is 9.53 Å². The van der Waals surface area contributed by atoms with Crippen LogP contribution in [0.3, 0.4) is 0 Å². The maximum Gasteiger partial charge on any atom is 0.255 e. The molecule has 1 aromatic heterocycles. The third kappa shape index (κ3) is 4.85. The van der Waals surface area contributed by atoms with Gasteiger partial charge in [-0.25, -0.2) is 4.98 Å². The summed E-state index contributed by atoms with van der Waals surface area (Å²) in [7, 11) is 0. The Labute approximate surface area is 159 Å². The molecule has 0 fully saturated rings. The Kier molecular flexibility index (Phi) is 6.05. The minimum absolute atomic E-state index is 0.159. The van der Waals surface area contributed by atoms with E-state index in [0.29, 0.717) is 18.0 Å². The molecule has 5 heteroatoms. The second-order valence-corrected chi connectivity index (χ2v) is 5.98. The number of hydrogen-bond donors (Lipinski definition) is 2. The Morgan fingerprint density at radius 3 is 2.56 bits per heavy atom. The zero-order valence-corrected chi connectivity index (χ0v) is 15.5. The Hall–Kier alpha value is -3.34. The monoisotopic (exact) mass is 361 g/mol. The highest BCUT2D eigenvalue weighted by Crippen LogP contribution is 2.21. The number of carbonyl (C=O) groups is 1. The third-order valence-corrected chi connectivity index (χ3v) is 4.11. The van der Waals surface area contributed by atoms with Crippen LogP contribution >= 0.6 is 0 Å². The summed E-state index contributed by atoms with van der Waals surface area (Å²) in [5, 5.41) is 6.19. The summed E-state index contributed by atoms with van der Waals surface area (Å²) in [4.78, 5) is 16.9. The van der Waals surface area contributed by atoms with Gasteiger partial charge in [0.2, 0.25) is 0 Å². The zero-order chi connectivity index (χ0) is 19.1. The highest BCUT2D eigenvalue weighted by atomic mass is 16.5. The minimum atomic E-state index is -0.159. The lowest BCUT2D eigenvalue weighted by molar-refractivity contribution is 0.102. The lowest BCUT2D eigenvalue weighted by atomic mass is 10.1. The van der Waals surface area contributed by atoms with Crippen LogP contribution in [0.4, 0.5) is 17.2 Å². The molecule has 3 rings (SSSR count). The fourth-order valence-electron chi connectivity index (χ4n) is 2.73. The van der Waals surface area contributed by atoms with E-state index in [1.165, 1.54) is 0 Å². The maximum absolute atomic E-state index is 12.6. The maximum atomic E-state index is 12.6. The topological polar surface area (TPSA) is 63.2 Å². The summed E-state index contributed by atoms with van der Waals surface area (Å²) in [5.74, 6) is 1.27. The molecule has 0 aliphatic rings. The average molecular weight is 361 g/mol. The summed E-state index contributed by atoms with van der Waals surface area (Å²) in [6.45, 7) is 4.65. The van der Waals surface area contributed by atoms with Gasteiger partial charge in [-0.3, -0.25) is 4.79 Å². The van der Waals surface area contributed by atoms with Gasteiger partial charge in [0.15, 0.2) is 0 Å². The second-order valence-electron chi connectivity index (χ2n) is 5.98. The average Bonchev–Trinajstić information content (AvgIpc) is 2.70. The van der Waals surface area contributed by atoms with Crippen LogP contribution in [0.5, 0.6) is 5.75 Å². The largest absolute Gasteiger partial charge is 0.494 e. The van der Waals surface area contributed by atoms with E-state index in [4.69, 9.17) is 4.74 Å².